The lowest BCUT2D eigenvalue weighted by Gasteiger charge is -2.38. The van der Waals surface area contributed by atoms with E-state index in [1.807, 2.05) is 187 Å². The van der Waals surface area contributed by atoms with Gasteiger partial charge in [-0.25, -0.2) is 19.3 Å². The number of halogens is 1. The number of hydrogen-bond acceptors (Lipinski definition) is 20. The first-order valence-corrected chi connectivity index (χ1v) is 37.1. The molecule has 2 atom stereocenters. The van der Waals surface area contributed by atoms with Crippen LogP contribution in [-0.2, 0) is 30.2 Å². The van der Waals surface area contributed by atoms with Crippen molar-refractivity contribution in [2.45, 2.75) is 91.1 Å². The second-order valence-electron chi connectivity index (χ2n) is 27.9. The summed E-state index contributed by atoms with van der Waals surface area (Å²) in [5.74, 6) is 2.99. The highest BCUT2D eigenvalue weighted by Gasteiger charge is 2.31. The van der Waals surface area contributed by atoms with Gasteiger partial charge in [-0.05, 0) is 119 Å². The Bertz CT molecular complexity index is 5010. The number of likely N-dealkylation sites (tertiary alicyclic amines) is 1. The molecule has 2 N–H and O–H groups in total. The number of fused-ring (bicyclic) bond motifs is 3. The molecule has 0 saturated carbocycles. The first kappa shape index (κ1) is 80.1. The molecule has 12 aromatic rings. The van der Waals surface area contributed by atoms with E-state index in [2.05, 4.69) is 77.9 Å². The summed E-state index contributed by atoms with van der Waals surface area (Å²) in [6.45, 7) is 16.8. The third kappa shape index (κ3) is 19.9. The molecular weight excluding hydrogens is 1410 g/mol. The molecule has 0 radical (unpaired) electrons. The van der Waals surface area contributed by atoms with Crippen LogP contribution in [0.4, 0.5) is 38.5 Å². The third-order valence-electron chi connectivity index (χ3n) is 19.4. The van der Waals surface area contributed by atoms with Crippen LogP contribution in [-0.4, -0.2) is 188 Å². The Morgan fingerprint density at radius 3 is 1.53 bits per heavy atom. The zero-order chi connectivity index (χ0) is 76.7. The predicted octanol–water partition coefficient (Wildman–Crippen LogP) is 14.4. The van der Waals surface area contributed by atoms with E-state index in [0.29, 0.717) is 42.9 Å². The second kappa shape index (κ2) is 37.5. The van der Waals surface area contributed by atoms with E-state index < -0.39 is 0 Å². The fraction of sp³-hybridized carbons (Fsp3) is 0.357. The van der Waals surface area contributed by atoms with Gasteiger partial charge >= 0.3 is 0 Å². The molecule has 14 rings (SSSR count). The number of anilines is 6. The van der Waals surface area contributed by atoms with Gasteiger partial charge in [0, 0.05) is 202 Å². The van der Waals surface area contributed by atoms with Crippen LogP contribution >= 0.6 is 13.5 Å². The molecule has 1 amide bonds. The number of aromatic nitrogens is 10. The number of methoxy groups -OCH3 is 5. The number of hydrogen-bond donors (Lipinski definition) is 2. The smallest absolute Gasteiger partial charge is 0.248 e. The molecule has 0 bridgehead atoms. The number of aryl methyl sites for hydroxylation is 3. The minimum atomic E-state index is -0.346. The number of carbonyl (C=O) groups excluding carboxylic acids is 1. The third-order valence-corrected chi connectivity index (χ3v) is 19.4. The number of aliphatic hydroxyl groups excluding tert-OH is 1. The van der Waals surface area contributed by atoms with Crippen molar-refractivity contribution in [2.24, 2.45) is 14.1 Å². The van der Waals surface area contributed by atoms with Gasteiger partial charge in [0.15, 0.2) is 0 Å². The lowest BCUT2D eigenvalue weighted by Crippen LogP contribution is -2.52. The van der Waals surface area contributed by atoms with Crippen molar-refractivity contribution in [3.63, 3.8) is 0 Å². The van der Waals surface area contributed by atoms with Crippen molar-refractivity contribution in [1.29, 1.82) is 0 Å². The van der Waals surface area contributed by atoms with Gasteiger partial charge in [0.25, 0.3) is 0 Å². The van der Waals surface area contributed by atoms with Crippen LogP contribution in [0.15, 0.2) is 177 Å². The zero-order valence-corrected chi connectivity index (χ0v) is 65.8. The fourth-order valence-electron chi connectivity index (χ4n) is 13.7. The van der Waals surface area contributed by atoms with Gasteiger partial charge in [0.2, 0.25) is 5.91 Å². The quantitative estimate of drug-likeness (QED) is 0.0465. The highest BCUT2D eigenvalue weighted by molar-refractivity contribution is 7.59. The molecule has 6 aromatic carbocycles. The number of rotatable bonds is 28. The molecule has 24 nitrogen and oxygen atoms in total. The lowest BCUT2D eigenvalue weighted by molar-refractivity contribution is -0.150. The number of carbonyl (C=O) groups is 1. The van der Waals surface area contributed by atoms with Gasteiger partial charge in [-0.15, -0.1) is 0 Å². The Morgan fingerprint density at radius 1 is 0.573 bits per heavy atom. The van der Waals surface area contributed by atoms with Crippen LogP contribution in [0.25, 0.3) is 66.9 Å². The Balaban J connectivity index is 0.000000163. The average Bonchev–Trinajstić information content (AvgIpc) is 0.860. The number of nitrogens with zero attached hydrogens (tertiary/aromatic N) is 15. The van der Waals surface area contributed by atoms with Gasteiger partial charge in [0.05, 0.1) is 130 Å². The summed E-state index contributed by atoms with van der Waals surface area (Å²) in [6, 6.07) is 39.4. The van der Waals surface area contributed by atoms with Crippen LogP contribution in [0, 0.1) is 5.82 Å². The summed E-state index contributed by atoms with van der Waals surface area (Å²) >= 11 is 0. The van der Waals surface area contributed by atoms with Crippen LogP contribution in [0.5, 0.6) is 28.7 Å². The van der Waals surface area contributed by atoms with E-state index in [9.17, 15) is 14.3 Å². The average molecular weight is 1510 g/mol. The van der Waals surface area contributed by atoms with Crippen molar-refractivity contribution in [2.75, 3.05) is 109 Å². The molecule has 578 valence electrons. The van der Waals surface area contributed by atoms with Crippen LogP contribution < -0.4 is 43.7 Å². The number of morpholine rings is 1. The molecule has 26 heteroatoms. The topological polar surface area (TPSA) is 226 Å². The van der Waals surface area contributed by atoms with E-state index in [1.54, 1.807) is 47.9 Å². The van der Waals surface area contributed by atoms with Crippen molar-refractivity contribution in [1.82, 2.24) is 63.9 Å². The molecule has 0 aliphatic carbocycles. The summed E-state index contributed by atoms with van der Waals surface area (Å²) in [5, 5.41) is 17.6. The predicted molar refractivity (Wildman–Crippen MR) is 438 cm³/mol. The number of benzene rings is 6. The lowest BCUT2D eigenvalue weighted by atomic mass is 10.1. The van der Waals surface area contributed by atoms with Gasteiger partial charge in [-0.1, -0.05) is 20.8 Å². The summed E-state index contributed by atoms with van der Waals surface area (Å²) in [7, 11) is 12.1. The Morgan fingerprint density at radius 2 is 1.05 bits per heavy atom. The first-order chi connectivity index (χ1) is 52.9. The Hall–Kier alpha value is -10.9. The molecule has 2 aliphatic heterocycles. The number of amides is 1. The van der Waals surface area contributed by atoms with Crippen molar-refractivity contribution < 1.29 is 42.7 Å². The van der Waals surface area contributed by atoms with Crippen LogP contribution in [0.3, 0.4) is 0 Å². The standard InChI is InChI=1S/C29H33N5O4.C28H32FN5O2.C27H34N6O2.H2S/c1-19(2)33-16-25(38-18-29(33)35)17-34(22-10-23(36-4)13-24(11-22)37-5)21-6-7-26-27(12-21)31-28(14-30-26)20-8-9-32(3)15-20;1-32-12-8-20(18-32)28-17-30-26-7-6-22(16-27(26)31-28)34(24-13-21(29)14-25(15-24)36-2)11-4-10-33-9-3-5-23(33)19-35;1-6-10-32-18-20(16-30-32)27-17-29-25-8-7-21(14-26(25)31-27)33(11-9-28-19(2)3)22-12-23(34-4)15-24(13-22)35-5;/h6-15,19,25H,16-18H2,1-5H3;6-8,12-18,23,35H,3-5,9-11,19H2,1-2H3;7-8,12-19,28H,6,9-11H2,1-5H3;1H2/t;23-;;/m.0../s1. The van der Waals surface area contributed by atoms with E-state index in [1.165, 1.54) is 12.1 Å². The van der Waals surface area contributed by atoms with Crippen molar-refractivity contribution in [3.8, 4) is 62.5 Å². The van der Waals surface area contributed by atoms with E-state index >= 15 is 0 Å². The summed E-state index contributed by atoms with van der Waals surface area (Å²) < 4.78 is 53.9. The summed E-state index contributed by atoms with van der Waals surface area (Å²) in [4.78, 5) is 51.8. The molecule has 2 fully saturated rings. The molecule has 8 heterocycles. The molecule has 1 unspecified atom stereocenters. The van der Waals surface area contributed by atoms with Crippen LogP contribution in [0.2, 0.25) is 0 Å². The van der Waals surface area contributed by atoms with E-state index in [-0.39, 0.29) is 56.6 Å². The molecule has 2 aliphatic rings. The Labute approximate surface area is 649 Å². The largest absolute Gasteiger partial charge is 0.497 e. The molecule has 2 saturated heterocycles. The number of aliphatic hydroxyl groups is 1. The van der Waals surface area contributed by atoms with Gasteiger partial charge in [-0.3, -0.25) is 29.3 Å². The monoisotopic (exact) mass is 1510 g/mol. The fourth-order valence-corrected chi connectivity index (χ4v) is 13.7. The first-order valence-electron chi connectivity index (χ1n) is 37.1. The van der Waals surface area contributed by atoms with Gasteiger partial charge in [0.1, 0.15) is 41.2 Å². The van der Waals surface area contributed by atoms with Crippen molar-refractivity contribution >= 4 is 86.6 Å². The minimum Gasteiger partial charge on any atom is -0.497 e. The van der Waals surface area contributed by atoms with E-state index in [0.717, 1.165) is 171 Å². The summed E-state index contributed by atoms with van der Waals surface area (Å²) in [5.41, 5.74) is 15.7. The molecule has 110 heavy (non-hydrogen) atoms. The summed E-state index contributed by atoms with van der Waals surface area (Å²) in [6.07, 6.45) is 21.2. The van der Waals surface area contributed by atoms with Gasteiger partial charge < -0.3 is 67.6 Å². The molecule has 6 aromatic heterocycles. The van der Waals surface area contributed by atoms with Crippen molar-refractivity contribution in [3.05, 3.63) is 183 Å². The molecule has 0 spiro atoms. The Kier molecular flexibility index (Phi) is 27.3. The minimum absolute atomic E-state index is 0. The maximum absolute atomic E-state index is 14.5. The highest BCUT2D eigenvalue weighted by Crippen LogP contribution is 2.38. The number of ether oxygens (including phenoxy) is 6. The zero-order valence-electron chi connectivity index (χ0n) is 64.8. The van der Waals surface area contributed by atoms with Gasteiger partial charge in [-0.2, -0.15) is 18.6 Å². The normalized spacial score (nSPS) is 14.3. The van der Waals surface area contributed by atoms with Crippen LogP contribution in [0.1, 0.15) is 60.3 Å². The SMILES string of the molecule is CCCn1cc(-c2cnc3ccc(N(CCNC(C)C)c4cc(OC)cc(OC)c4)cc3n2)cn1.COc1cc(F)cc(N(CCCN2CCC[C@H]2CO)c2ccc3ncc(-c4ccn(C)c4)nc3c2)c1.COc1cc(OC)cc(N(CC2CN(C(C)C)C(=O)CO2)c2ccc3ncc(-c4ccn(C)c4)nc3c2)c1.S. The maximum Gasteiger partial charge on any atom is 0.248 e. The maximum atomic E-state index is 14.5. The second-order valence-corrected chi connectivity index (χ2v) is 27.9. The highest BCUT2D eigenvalue weighted by atomic mass is 32.1. The number of nitrogens with one attached hydrogen (secondary N) is 1. The van der Waals surface area contributed by atoms with E-state index in [4.69, 9.17) is 43.4 Å². The molecular formula is C84H101FN16O8S.